The molecule has 17 heavy (non-hydrogen) atoms. The average molecular weight is 234 g/mol. The summed E-state index contributed by atoms with van der Waals surface area (Å²) in [5.74, 6) is 1.37. The van der Waals surface area contributed by atoms with Gasteiger partial charge in [-0.1, -0.05) is 19.3 Å². The fourth-order valence-electron chi connectivity index (χ4n) is 2.18. The number of carbonyl (C=O) groups excluding carboxylic acids is 1. The van der Waals surface area contributed by atoms with Crippen molar-refractivity contribution in [2.75, 3.05) is 7.11 Å². The minimum Gasteiger partial charge on any atom is -0.497 e. The number of hydrogen-bond donors (Lipinski definition) is 0. The molecule has 2 rings (SSSR count). The highest BCUT2D eigenvalue weighted by Gasteiger charge is 2.22. The largest absolute Gasteiger partial charge is 0.497 e. The minimum absolute atomic E-state index is 0.0881. The van der Waals surface area contributed by atoms with Crippen LogP contribution in [-0.2, 0) is 4.79 Å². The maximum absolute atomic E-state index is 11.9. The first-order valence-corrected chi connectivity index (χ1v) is 6.15. The lowest BCUT2D eigenvalue weighted by molar-refractivity contribution is -0.139. The Morgan fingerprint density at radius 1 is 1.06 bits per heavy atom. The van der Waals surface area contributed by atoms with Gasteiger partial charge in [-0.2, -0.15) is 0 Å². The quantitative estimate of drug-likeness (QED) is 0.595. The van der Waals surface area contributed by atoms with Gasteiger partial charge in [-0.3, -0.25) is 4.79 Å². The number of methoxy groups -OCH3 is 1. The van der Waals surface area contributed by atoms with Crippen LogP contribution in [0.25, 0.3) is 0 Å². The Morgan fingerprint density at radius 3 is 2.24 bits per heavy atom. The van der Waals surface area contributed by atoms with Crippen LogP contribution >= 0.6 is 0 Å². The highest BCUT2D eigenvalue weighted by Crippen LogP contribution is 2.26. The van der Waals surface area contributed by atoms with Crippen LogP contribution < -0.4 is 9.47 Å². The molecule has 1 aromatic carbocycles. The first kappa shape index (κ1) is 12.0. The normalized spacial score (nSPS) is 16.5. The molecule has 3 heteroatoms. The molecule has 0 unspecified atom stereocenters. The lowest BCUT2D eigenvalue weighted by atomic mass is 9.89. The van der Waals surface area contributed by atoms with Crippen LogP contribution in [0.5, 0.6) is 11.5 Å². The zero-order valence-electron chi connectivity index (χ0n) is 10.1. The minimum atomic E-state index is -0.0881. The van der Waals surface area contributed by atoms with Crippen molar-refractivity contribution in [1.29, 1.82) is 0 Å². The van der Waals surface area contributed by atoms with E-state index in [9.17, 15) is 4.79 Å². The molecule has 0 amide bonds. The Kier molecular flexibility index (Phi) is 4.02. The topological polar surface area (TPSA) is 35.5 Å². The number of rotatable bonds is 3. The van der Waals surface area contributed by atoms with E-state index in [4.69, 9.17) is 9.47 Å². The molecule has 0 aliphatic heterocycles. The molecule has 0 radical (unpaired) electrons. The van der Waals surface area contributed by atoms with Crippen molar-refractivity contribution in [3.63, 3.8) is 0 Å². The Bertz CT molecular complexity index is 364. The third-order valence-electron chi connectivity index (χ3n) is 3.22. The van der Waals surface area contributed by atoms with Gasteiger partial charge in [0.05, 0.1) is 13.0 Å². The molecule has 0 heterocycles. The van der Waals surface area contributed by atoms with Gasteiger partial charge in [0.15, 0.2) is 0 Å². The molecule has 92 valence electrons. The van der Waals surface area contributed by atoms with Crippen LogP contribution in [0.1, 0.15) is 32.1 Å². The summed E-state index contributed by atoms with van der Waals surface area (Å²) >= 11 is 0. The maximum atomic E-state index is 11.9. The van der Waals surface area contributed by atoms with Gasteiger partial charge in [0.1, 0.15) is 11.5 Å². The Morgan fingerprint density at radius 2 is 1.65 bits per heavy atom. The lowest BCUT2D eigenvalue weighted by Crippen LogP contribution is -2.22. The van der Waals surface area contributed by atoms with Crippen LogP contribution in [0, 0.1) is 5.92 Å². The van der Waals surface area contributed by atoms with Crippen molar-refractivity contribution in [2.24, 2.45) is 5.92 Å². The average Bonchev–Trinajstić information content (AvgIpc) is 2.40. The summed E-state index contributed by atoms with van der Waals surface area (Å²) < 4.78 is 10.4. The van der Waals surface area contributed by atoms with Crippen LogP contribution in [0.15, 0.2) is 24.3 Å². The Labute approximate surface area is 102 Å². The van der Waals surface area contributed by atoms with E-state index >= 15 is 0 Å². The smallest absolute Gasteiger partial charge is 0.314 e. The van der Waals surface area contributed by atoms with Crippen LogP contribution in [-0.4, -0.2) is 13.1 Å². The van der Waals surface area contributed by atoms with Gasteiger partial charge in [0.2, 0.25) is 0 Å². The number of ether oxygens (including phenoxy) is 2. The van der Waals surface area contributed by atoms with E-state index in [0.717, 1.165) is 31.4 Å². The summed E-state index contributed by atoms with van der Waals surface area (Å²) in [5, 5.41) is 0. The summed E-state index contributed by atoms with van der Waals surface area (Å²) in [4.78, 5) is 11.9. The van der Waals surface area contributed by atoms with Crippen molar-refractivity contribution in [1.82, 2.24) is 0 Å². The number of hydrogen-bond acceptors (Lipinski definition) is 3. The van der Waals surface area contributed by atoms with Gasteiger partial charge in [-0.15, -0.1) is 0 Å². The third kappa shape index (κ3) is 3.22. The third-order valence-corrected chi connectivity index (χ3v) is 3.22. The lowest BCUT2D eigenvalue weighted by Gasteiger charge is -2.19. The van der Waals surface area contributed by atoms with Crippen LogP contribution in [0.2, 0.25) is 0 Å². The van der Waals surface area contributed by atoms with Crippen molar-refractivity contribution >= 4 is 5.97 Å². The summed E-state index contributed by atoms with van der Waals surface area (Å²) in [7, 11) is 1.61. The molecule has 3 nitrogen and oxygen atoms in total. The van der Waals surface area contributed by atoms with E-state index in [2.05, 4.69) is 0 Å². The molecule has 0 saturated heterocycles. The highest BCUT2D eigenvalue weighted by molar-refractivity contribution is 5.75. The first-order valence-electron chi connectivity index (χ1n) is 6.15. The molecule has 1 aliphatic rings. The standard InChI is InChI=1S/C14H18O3/c1-16-12-7-9-13(10-8-12)17-14(15)11-5-3-2-4-6-11/h7-11H,2-6H2,1H3. The van der Waals surface area contributed by atoms with Gasteiger partial charge in [0, 0.05) is 0 Å². The molecule has 0 bridgehead atoms. The molecule has 1 aliphatic carbocycles. The second kappa shape index (κ2) is 5.71. The van der Waals surface area contributed by atoms with Gasteiger partial charge in [-0.25, -0.2) is 0 Å². The van der Waals surface area contributed by atoms with E-state index in [1.807, 2.05) is 0 Å². The van der Waals surface area contributed by atoms with Gasteiger partial charge in [-0.05, 0) is 37.1 Å². The molecule has 1 aromatic rings. The van der Waals surface area contributed by atoms with Crippen molar-refractivity contribution in [3.05, 3.63) is 24.3 Å². The monoisotopic (exact) mass is 234 g/mol. The molecule has 1 saturated carbocycles. The second-order valence-corrected chi connectivity index (χ2v) is 4.43. The molecule has 0 atom stereocenters. The molecule has 1 fully saturated rings. The molecular weight excluding hydrogens is 216 g/mol. The fourth-order valence-corrected chi connectivity index (χ4v) is 2.18. The van der Waals surface area contributed by atoms with Crippen LogP contribution in [0.4, 0.5) is 0 Å². The Balaban J connectivity index is 1.92. The molecule has 0 aromatic heterocycles. The molecule has 0 N–H and O–H groups in total. The number of esters is 1. The number of carbonyl (C=O) groups is 1. The van der Waals surface area contributed by atoms with Crippen molar-refractivity contribution < 1.29 is 14.3 Å². The zero-order valence-corrected chi connectivity index (χ0v) is 10.1. The molecular formula is C14H18O3. The summed E-state index contributed by atoms with van der Waals surface area (Å²) in [6.45, 7) is 0. The number of benzene rings is 1. The summed E-state index contributed by atoms with van der Waals surface area (Å²) in [5.41, 5.74) is 0. The zero-order chi connectivity index (χ0) is 12.1. The predicted octanol–water partition coefficient (Wildman–Crippen LogP) is 3.18. The van der Waals surface area contributed by atoms with E-state index in [0.29, 0.717) is 5.75 Å². The predicted molar refractivity (Wildman–Crippen MR) is 65.2 cm³/mol. The first-order chi connectivity index (χ1) is 8.29. The SMILES string of the molecule is COc1ccc(OC(=O)C2CCCCC2)cc1. The van der Waals surface area contributed by atoms with E-state index < -0.39 is 0 Å². The van der Waals surface area contributed by atoms with E-state index in [-0.39, 0.29) is 11.9 Å². The van der Waals surface area contributed by atoms with E-state index in [1.165, 1.54) is 6.42 Å². The van der Waals surface area contributed by atoms with Gasteiger partial charge >= 0.3 is 5.97 Å². The summed E-state index contributed by atoms with van der Waals surface area (Å²) in [6.07, 6.45) is 5.46. The molecule has 0 spiro atoms. The van der Waals surface area contributed by atoms with Crippen LogP contribution in [0.3, 0.4) is 0 Å². The van der Waals surface area contributed by atoms with E-state index in [1.54, 1.807) is 31.4 Å². The van der Waals surface area contributed by atoms with Crippen molar-refractivity contribution in [2.45, 2.75) is 32.1 Å². The summed E-state index contributed by atoms with van der Waals surface area (Å²) in [6, 6.07) is 7.12. The Hall–Kier alpha value is -1.51. The van der Waals surface area contributed by atoms with Gasteiger partial charge in [0.25, 0.3) is 0 Å². The van der Waals surface area contributed by atoms with Gasteiger partial charge < -0.3 is 9.47 Å². The van der Waals surface area contributed by atoms with Crippen molar-refractivity contribution in [3.8, 4) is 11.5 Å². The maximum Gasteiger partial charge on any atom is 0.314 e. The fraction of sp³-hybridized carbons (Fsp3) is 0.500. The highest BCUT2D eigenvalue weighted by atomic mass is 16.5. The second-order valence-electron chi connectivity index (χ2n) is 4.43.